The molecule has 0 bridgehead atoms. The Morgan fingerprint density at radius 2 is 1.58 bits per heavy atom. The van der Waals surface area contributed by atoms with Crippen molar-refractivity contribution in [1.82, 2.24) is 0 Å². The largest absolute Gasteiger partial charge is 0.483 e. The number of benzene rings is 2. The van der Waals surface area contributed by atoms with Gasteiger partial charge in [0.1, 0.15) is 16.7 Å². The smallest absolute Gasteiger partial charge is 0.205 e. The minimum Gasteiger partial charge on any atom is -0.483 e. The van der Waals surface area contributed by atoms with Gasteiger partial charge >= 0.3 is 0 Å². The topological polar surface area (TPSA) is 127 Å². The lowest BCUT2D eigenvalue weighted by molar-refractivity contribution is 0.0974. The summed E-state index contributed by atoms with van der Waals surface area (Å²) in [6.45, 7) is 0. The minimum atomic E-state index is -2.30. The number of rotatable bonds is 4. The standard InChI is InChI=1S/C15H12NO6PS/c16-24(21)11-6-2-4-9-13(11)15(18)8-3-1-5-10(12(8)14(9)17)22-7-23(19)20/h1-6,19-20H,7,16H2. The molecule has 2 aromatic carbocycles. The van der Waals surface area contributed by atoms with Gasteiger partial charge in [0, 0.05) is 11.1 Å². The molecule has 0 aromatic heterocycles. The molecule has 9 heteroatoms. The van der Waals surface area contributed by atoms with Crippen LogP contribution in [0, 0.1) is 0 Å². The van der Waals surface area contributed by atoms with Crippen LogP contribution >= 0.6 is 8.38 Å². The fourth-order valence-corrected chi connectivity index (χ4v) is 3.46. The monoisotopic (exact) mass is 365 g/mol. The summed E-state index contributed by atoms with van der Waals surface area (Å²) in [7, 11) is -4.22. The van der Waals surface area contributed by atoms with Crippen LogP contribution in [0.4, 0.5) is 0 Å². The molecule has 0 saturated heterocycles. The van der Waals surface area contributed by atoms with Gasteiger partial charge in [0.25, 0.3) is 0 Å². The van der Waals surface area contributed by atoms with Crippen LogP contribution in [-0.2, 0) is 11.0 Å². The van der Waals surface area contributed by atoms with Crippen LogP contribution in [0.25, 0.3) is 0 Å². The molecule has 1 atom stereocenters. The lowest BCUT2D eigenvalue weighted by Gasteiger charge is -2.21. The predicted molar refractivity (Wildman–Crippen MR) is 87.2 cm³/mol. The Kier molecular flexibility index (Phi) is 4.58. The Bertz CT molecular complexity index is 882. The van der Waals surface area contributed by atoms with E-state index < -0.39 is 30.9 Å². The highest BCUT2D eigenvalue weighted by Crippen LogP contribution is 2.36. The van der Waals surface area contributed by atoms with E-state index in [1.165, 1.54) is 36.4 Å². The minimum absolute atomic E-state index is 0.0274. The van der Waals surface area contributed by atoms with Crippen LogP contribution < -0.4 is 9.88 Å². The maximum absolute atomic E-state index is 12.8. The van der Waals surface area contributed by atoms with Crippen molar-refractivity contribution in [2.24, 2.45) is 5.14 Å². The Balaban J connectivity index is 2.18. The van der Waals surface area contributed by atoms with Gasteiger partial charge in [-0.15, -0.1) is 0 Å². The zero-order valence-electron chi connectivity index (χ0n) is 12.1. The van der Waals surface area contributed by atoms with E-state index in [2.05, 4.69) is 0 Å². The molecule has 24 heavy (non-hydrogen) atoms. The first-order valence-electron chi connectivity index (χ1n) is 6.71. The molecule has 1 aliphatic rings. The fourth-order valence-electron chi connectivity index (χ4n) is 2.59. The summed E-state index contributed by atoms with van der Waals surface area (Å²) >= 11 is 0. The van der Waals surface area contributed by atoms with Crippen molar-refractivity contribution in [3.05, 3.63) is 58.7 Å². The summed E-state index contributed by atoms with van der Waals surface area (Å²) in [6, 6.07) is 8.84. The van der Waals surface area contributed by atoms with Gasteiger partial charge < -0.3 is 14.5 Å². The van der Waals surface area contributed by atoms with Crippen LogP contribution in [0.15, 0.2) is 41.3 Å². The Morgan fingerprint density at radius 1 is 1.00 bits per heavy atom. The number of nitrogens with two attached hydrogens (primary N) is 1. The summed E-state index contributed by atoms with van der Waals surface area (Å²) < 4.78 is 16.9. The number of ether oxygens (including phenoxy) is 1. The van der Waals surface area contributed by atoms with Crippen molar-refractivity contribution < 1.29 is 28.3 Å². The molecular weight excluding hydrogens is 353 g/mol. The van der Waals surface area contributed by atoms with Gasteiger partial charge in [-0.25, -0.2) is 9.35 Å². The molecule has 124 valence electrons. The molecule has 1 unspecified atom stereocenters. The van der Waals surface area contributed by atoms with Gasteiger partial charge in [-0.05, 0) is 12.1 Å². The van der Waals surface area contributed by atoms with Gasteiger partial charge in [-0.2, -0.15) is 0 Å². The summed E-state index contributed by atoms with van der Waals surface area (Å²) in [5.74, 6) is -0.858. The second-order valence-electron chi connectivity index (χ2n) is 4.96. The summed E-state index contributed by atoms with van der Waals surface area (Å²) in [5.41, 5.74) is 0.268. The zero-order chi connectivity index (χ0) is 17.4. The van der Waals surface area contributed by atoms with Crippen molar-refractivity contribution in [3.8, 4) is 5.75 Å². The van der Waals surface area contributed by atoms with Gasteiger partial charge in [0.15, 0.2) is 17.9 Å². The van der Waals surface area contributed by atoms with E-state index in [1.807, 2.05) is 0 Å². The number of carbonyl (C=O) groups is 2. The molecular formula is C15H12NO6PS. The third kappa shape index (κ3) is 2.79. The molecule has 0 amide bonds. The Morgan fingerprint density at radius 3 is 2.21 bits per heavy atom. The van der Waals surface area contributed by atoms with E-state index in [1.54, 1.807) is 0 Å². The van der Waals surface area contributed by atoms with E-state index in [0.717, 1.165) is 0 Å². The van der Waals surface area contributed by atoms with Crippen LogP contribution in [0.1, 0.15) is 31.8 Å². The van der Waals surface area contributed by atoms with Crippen LogP contribution in [0.5, 0.6) is 5.75 Å². The van der Waals surface area contributed by atoms with Crippen molar-refractivity contribution in [2.45, 2.75) is 4.90 Å². The fraction of sp³-hybridized carbons (Fsp3) is 0.0667. The van der Waals surface area contributed by atoms with Crippen LogP contribution in [0.3, 0.4) is 0 Å². The normalized spacial score (nSPS) is 14.3. The van der Waals surface area contributed by atoms with E-state index in [0.29, 0.717) is 0 Å². The molecule has 0 saturated carbocycles. The molecule has 0 radical (unpaired) electrons. The average Bonchev–Trinajstić information content (AvgIpc) is 2.56. The highest BCUT2D eigenvalue weighted by Gasteiger charge is 2.34. The second-order valence-corrected chi connectivity index (χ2v) is 7.00. The number of hydrogen-bond acceptors (Lipinski definition) is 6. The quantitative estimate of drug-likeness (QED) is 0.594. The number of fused-ring (bicyclic) bond motifs is 2. The van der Waals surface area contributed by atoms with Crippen molar-refractivity contribution in [3.63, 3.8) is 0 Å². The zero-order valence-corrected chi connectivity index (χ0v) is 13.8. The molecule has 0 aliphatic heterocycles. The van der Waals surface area contributed by atoms with Crippen LogP contribution in [-0.4, -0.2) is 31.9 Å². The lowest BCUT2D eigenvalue weighted by Crippen LogP contribution is -2.24. The molecule has 3 rings (SSSR count). The summed E-state index contributed by atoms with van der Waals surface area (Å²) in [6.07, 6.45) is -0.382. The highest BCUT2D eigenvalue weighted by molar-refractivity contribution is 7.82. The molecule has 0 spiro atoms. The molecule has 0 fully saturated rings. The molecule has 7 nitrogen and oxygen atoms in total. The first-order chi connectivity index (χ1) is 11.4. The van der Waals surface area contributed by atoms with Crippen molar-refractivity contribution >= 4 is 30.9 Å². The molecule has 0 heterocycles. The van der Waals surface area contributed by atoms with Gasteiger partial charge in [0.2, 0.25) is 8.38 Å². The predicted octanol–water partition coefficient (Wildman–Crippen LogP) is 1.08. The maximum Gasteiger partial charge on any atom is 0.205 e. The summed E-state index contributed by atoms with van der Waals surface area (Å²) in [4.78, 5) is 43.6. The highest BCUT2D eigenvalue weighted by atomic mass is 32.2. The molecule has 1 aliphatic carbocycles. The Labute approximate surface area is 140 Å². The maximum atomic E-state index is 12.8. The van der Waals surface area contributed by atoms with Gasteiger partial charge in [0.05, 0.1) is 16.0 Å². The number of ketones is 2. The number of hydrogen-bond donors (Lipinski definition) is 3. The molecule has 4 N–H and O–H groups in total. The van der Waals surface area contributed by atoms with E-state index in [4.69, 9.17) is 19.7 Å². The third-order valence-electron chi connectivity index (χ3n) is 3.55. The van der Waals surface area contributed by atoms with E-state index in [9.17, 15) is 13.8 Å². The average molecular weight is 365 g/mol. The summed E-state index contributed by atoms with van der Waals surface area (Å²) in [5, 5.41) is 5.41. The first-order valence-corrected chi connectivity index (χ1v) is 9.36. The first kappa shape index (κ1) is 16.9. The van der Waals surface area contributed by atoms with Crippen molar-refractivity contribution in [2.75, 3.05) is 6.35 Å². The third-order valence-corrected chi connectivity index (χ3v) is 4.68. The SMILES string of the molecule is NS(=O)c1cccc2c1C(=O)c1cccc(OCP(O)O)c1C2=O. The van der Waals surface area contributed by atoms with Crippen LogP contribution in [0.2, 0.25) is 0 Å². The lowest BCUT2D eigenvalue weighted by atomic mass is 9.83. The van der Waals surface area contributed by atoms with E-state index >= 15 is 0 Å². The van der Waals surface area contributed by atoms with E-state index in [-0.39, 0.29) is 39.2 Å². The van der Waals surface area contributed by atoms with Gasteiger partial charge in [-0.1, -0.05) is 24.3 Å². The Hall–Kier alpha value is -1.96. The second kappa shape index (κ2) is 6.51. The van der Waals surface area contributed by atoms with Gasteiger partial charge in [-0.3, -0.25) is 9.59 Å². The van der Waals surface area contributed by atoms with Crippen molar-refractivity contribution in [1.29, 1.82) is 0 Å². The molecule has 2 aromatic rings. The number of carbonyl (C=O) groups excluding carboxylic acids is 2.